The molecule has 0 radical (unpaired) electrons. The van der Waals surface area contributed by atoms with Crippen LogP contribution in [0.15, 0.2) is 24.5 Å². The molecule has 46 heavy (non-hydrogen) atoms. The summed E-state index contributed by atoms with van der Waals surface area (Å²) >= 11 is 0. The van der Waals surface area contributed by atoms with Crippen molar-refractivity contribution in [1.82, 2.24) is 9.97 Å². The molecule has 0 saturated heterocycles. The predicted octanol–water partition coefficient (Wildman–Crippen LogP) is 5.30. The summed E-state index contributed by atoms with van der Waals surface area (Å²) in [6, 6.07) is 3.23. The molecule has 13 heteroatoms. The second-order valence-corrected chi connectivity index (χ2v) is 12.2. The molecule has 1 N–H and O–H groups in total. The fraction of sp³-hybridized carbons (Fsp3) is 0.576. The molecular formula is C33H48N2O11. The first-order chi connectivity index (χ1) is 21.3. The van der Waals surface area contributed by atoms with Gasteiger partial charge in [0, 0.05) is 50.6 Å². The summed E-state index contributed by atoms with van der Waals surface area (Å²) < 4.78 is 31.3. The van der Waals surface area contributed by atoms with Gasteiger partial charge in [0.15, 0.2) is 11.5 Å². The second-order valence-electron chi connectivity index (χ2n) is 12.2. The van der Waals surface area contributed by atoms with Gasteiger partial charge in [0.1, 0.15) is 30.2 Å². The number of aromatic nitrogens is 2. The molecule has 0 unspecified atom stereocenters. The number of ether oxygens (including phenoxy) is 6. The van der Waals surface area contributed by atoms with E-state index in [4.69, 9.17) is 28.4 Å². The van der Waals surface area contributed by atoms with Gasteiger partial charge in [-0.2, -0.15) is 0 Å². The summed E-state index contributed by atoms with van der Waals surface area (Å²) in [4.78, 5) is 52.8. The number of hydrogen-bond donors (Lipinski definition) is 1. The van der Waals surface area contributed by atoms with Gasteiger partial charge in [-0.25, -0.2) is 0 Å². The number of esters is 4. The van der Waals surface area contributed by atoms with Crippen LogP contribution in [0.4, 0.5) is 0 Å². The van der Waals surface area contributed by atoms with E-state index in [9.17, 15) is 24.3 Å². The summed E-state index contributed by atoms with van der Waals surface area (Å²) in [5.41, 5.74) is 0.986. The Balaban J connectivity index is 0.000000460. The number of aromatic hydroxyl groups is 1. The van der Waals surface area contributed by atoms with E-state index < -0.39 is 17.2 Å². The molecule has 2 aromatic heterocycles. The predicted molar refractivity (Wildman–Crippen MR) is 167 cm³/mol. The van der Waals surface area contributed by atoms with E-state index in [0.717, 1.165) is 5.56 Å². The second kappa shape index (κ2) is 19.2. The van der Waals surface area contributed by atoms with Crippen LogP contribution >= 0.6 is 0 Å². The molecule has 2 rings (SSSR count). The van der Waals surface area contributed by atoms with Gasteiger partial charge in [-0.15, -0.1) is 0 Å². The maximum Gasteiger partial charge on any atom is 0.306 e. The zero-order valence-electron chi connectivity index (χ0n) is 28.4. The molecule has 0 bridgehead atoms. The Bertz CT molecular complexity index is 1200. The molecule has 256 valence electrons. The zero-order chi connectivity index (χ0) is 34.9. The maximum absolute atomic E-state index is 11.6. The molecule has 0 aliphatic carbocycles. The number of pyridine rings is 2. The smallest absolute Gasteiger partial charge is 0.306 e. The highest BCUT2D eigenvalue weighted by atomic mass is 16.6. The van der Waals surface area contributed by atoms with Gasteiger partial charge in [0.2, 0.25) is 0 Å². The zero-order valence-corrected chi connectivity index (χ0v) is 28.4. The van der Waals surface area contributed by atoms with E-state index in [1.165, 1.54) is 26.1 Å². The number of carbonyl (C=O) groups is 4. The molecule has 0 saturated carbocycles. The average molecular weight is 649 g/mol. The lowest BCUT2D eigenvalue weighted by molar-refractivity contribution is -0.156. The van der Waals surface area contributed by atoms with E-state index >= 15 is 0 Å². The monoisotopic (exact) mass is 648 g/mol. The van der Waals surface area contributed by atoms with Crippen molar-refractivity contribution in [3.8, 4) is 17.2 Å². The van der Waals surface area contributed by atoms with Gasteiger partial charge >= 0.3 is 23.9 Å². The molecule has 2 aromatic rings. The van der Waals surface area contributed by atoms with Crippen LogP contribution in [0, 0.1) is 6.92 Å². The van der Waals surface area contributed by atoms with Crippen molar-refractivity contribution in [2.75, 3.05) is 13.2 Å². The number of aryl methyl sites for hydroxylation is 1. The van der Waals surface area contributed by atoms with Gasteiger partial charge in [-0.3, -0.25) is 29.1 Å². The molecule has 0 amide bonds. The Morgan fingerprint density at radius 3 is 1.54 bits per heavy atom. The minimum Gasteiger partial charge on any atom is -0.503 e. The third-order valence-corrected chi connectivity index (χ3v) is 5.27. The quantitative estimate of drug-likeness (QED) is 0.159. The molecule has 0 atom stereocenters. The minimum absolute atomic E-state index is 0.00385. The van der Waals surface area contributed by atoms with Crippen LogP contribution in [0.5, 0.6) is 17.2 Å². The summed E-state index contributed by atoms with van der Waals surface area (Å²) in [7, 11) is 0. The maximum atomic E-state index is 11.6. The fourth-order valence-corrected chi connectivity index (χ4v) is 3.38. The normalized spacial score (nSPS) is 11.0. The average Bonchev–Trinajstić information content (AvgIpc) is 2.92. The van der Waals surface area contributed by atoms with Crippen molar-refractivity contribution in [2.45, 2.75) is 112 Å². The van der Waals surface area contributed by atoms with Crippen molar-refractivity contribution in [1.29, 1.82) is 0 Å². The summed E-state index contributed by atoms with van der Waals surface area (Å²) in [5.74, 6) is -0.517. The Labute approximate surface area is 270 Å². The molecule has 0 fully saturated rings. The van der Waals surface area contributed by atoms with E-state index in [-0.39, 0.29) is 55.6 Å². The van der Waals surface area contributed by atoms with Crippen LogP contribution in [-0.2, 0) is 51.3 Å². The molecule has 0 aliphatic heterocycles. The molecule has 0 spiro atoms. The Morgan fingerprint density at radius 1 is 0.696 bits per heavy atom. The van der Waals surface area contributed by atoms with Crippen LogP contribution in [-0.4, -0.2) is 63.4 Å². The lowest BCUT2D eigenvalue weighted by Gasteiger charge is -2.19. The topological polar surface area (TPSA) is 170 Å². The number of nitrogens with zero attached hydrogens (tertiary/aromatic N) is 2. The lowest BCUT2D eigenvalue weighted by Crippen LogP contribution is -2.24. The molecular weight excluding hydrogens is 600 g/mol. The van der Waals surface area contributed by atoms with Crippen molar-refractivity contribution >= 4 is 23.9 Å². The van der Waals surface area contributed by atoms with E-state index in [1.54, 1.807) is 33.0 Å². The van der Waals surface area contributed by atoms with Gasteiger partial charge < -0.3 is 33.5 Å². The highest BCUT2D eigenvalue weighted by Crippen LogP contribution is 2.26. The van der Waals surface area contributed by atoms with Crippen molar-refractivity contribution in [3.63, 3.8) is 0 Å². The van der Waals surface area contributed by atoms with E-state index in [1.807, 2.05) is 27.7 Å². The number of rotatable bonds is 14. The van der Waals surface area contributed by atoms with Gasteiger partial charge in [-0.1, -0.05) is 0 Å². The number of hydrogen-bond acceptors (Lipinski definition) is 13. The van der Waals surface area contributed by atoms with E-state index in [2.05, 4.69) is 9.97 Å². The summed E-state index contributed by atoms with van der Waals surface area (Å²) in [5, 5.41) is 9.69. The summed E-state index contributed by atoms with van der Waals surface area (Å²) in [6.45, 7) is 16.2. The molecule has 0 aromatic carbocycles. The third kappa shape index (κ3) is 19.1. The lowest BCUT2D eigenvalue weighted by atomic mass is 10.2. The van der Waals surface area contributed by atoms with Gasteiger partial charge in [0.25, 0.3) is 0 Å². The highest BCUT2D eigenvalue weighted by molar-refractivity contribution is 5.70. The first kappa shape index (κ1) is 39.6. The SMILES string of the molecule is CC(=O)OCc1cc(OCCCC(=O)OC(C)(C)C)c(C)cn1.CC(=O)OCc1cc(OCCCC(=O)OC(C)(C)C)c(O)cn1. The first-order valence-corrected chi connectivity index (χ1v) is 14.9. The van der Waals surface area contributed by atoms with Crippen LogP contribution < -0.4 is 9.47 Å². The third-order valence-electron chi connectivity index (χ3n) is 5.27. The van der Waals surface area contributed by atoms with Gasteiger partial charge in [0.05, 0.1) is 30.8 Å². The Morgan fingerprint density at radius 2 is 1.11 bits per heavy atom. The molecule has 0 aliphatic rings. The van der Waals surface area contributed by atoms with Crippen LogP contribution in [0.1, 0.15) is 98.0 Å². The number of carbonyl (C=O) groups excluding carboxylic acids is 4. The van der Waals surface area contributed by atoms with E-state index in [0.29, 0.717) is 43.0 Å². The largest absolute Gasteiger partial charge is 0.503 e. The summed E-state index contributed by atoms with van der Waals surface area (Å²) in [6.07, 6.45) is 4.45. The fourth-order valence-electron chi connectivity index (χ4n) is 3.38. The van der Waals surface area contributed by atoms with Crippen molar-refractivity contribution < 1.29 is 52.7 Å². The minimum atomic E-state index is -0.507. The highest BCUT2D eigenvalue weighted by Gasteiger charge is 2.17. The standard InChI is InChI=1S/C17H25NO5.C16H23NO6/c1-12-10-18-14(11-22-13(2)19)9-15(12)21-8-6-7-16(20)23-17(3,4)5;1-11(18)22-10-12-8-14(13(19)9-17-12)21-7-5-6-15(20)23-16(2,3)4/h9-10H,6-8,11H2,1-5H3;8-9,19H,5-7,10H2,1-4H3. The van der Waals surface area contributed by atoms with Crippen molar-refractivity contribution in [2.24, 2.45) is 0 Å². The Hall–Kier alpha value is -4.42. The first-order valence-electron chi connectivity index (χ1n) is 14.9. The van der Waals surface area contributed by atoms with Crippen LogP contribution in [0.25, 0.3) is 0 Å². The van der Waals surface area contributed by atoms with Crippen molar-refractivity contribution in [3.05, 3.63) is 41.5 Å². The Kier molecular flexibility index (Phi) is 16.5. The molecule has 2 heterocycles. The van der Waals surface area contributed by atoms with Crippen LogP contribution in [0.3, 0.4) is 0 Å². The molecule has 13 nitrogen and oxygen atoms in total. The van der Waals surface area contributed by atoms with Gasteiger partial charge in [-0.05, 0) is 61.3 Å². The van der Waals surface area contributed by atoms with Crippen LogP contribution in [0.2, 0.25) is 0 Å².